The van der Waals surface area contributed by atoms with E-state index in [4.69, 9.17) is 4.74 Å². The molecule has 0 saturated carbocycles. The standard InChI is InChI=1S/C21H22N2O4S3/c1-28-13-12-19(23-30(25,26)18-10-6-3-7-11-18)21(24)27-14-17-15-29-20(22-17)16-8-4-2-5-9-16/h2-11,15,19,23H,12-14H2,1H3. The number of ether oxygens (including phenoxy) is 1. The zero-order chi connectivity index (χ0) is 21.4. The lowest BCUT2D eigenvalue weighted by Crippen LogP contribution is -2.42. The van der Waals surface area contributed by atoms with Crippen LogP contribution in [0, 0.1) is 0 Å². The Hall–Kier alpha value is -2.20. The second-order valence-corrected chi connectivity index (χ2v) is 9.94. The van der Waals surface area contributed by atoms with Crippen LogP contribution in [-0.4, -0.2) is 37.4 Å². The second-order valence-electron chi connectivity index (χ2n) is 6.39. The number of esters is 1. The predicted octanol–water partition coefficient (Wildman–Crippen LogP) is 3.95. The Morgan fingerprint density at radius 3 is 2.47 bits per heavy atom. The lowest BCUT2D eigenvalue weighted by Gasteiger charge is -2.17. The number of sulfonamides is 1. The zero-order valence-corrected chi connectivity index (χ0v) is 18.8. The van der Waals surface area contributed by atoms with Gasteiger partial charge in [-0.15, -0.1) is 11.3 Å². The van der Waals surface area contributed by atoms with E-state index in [0.29, 0.717) is 17.9 Å². The fourth-order valence-electron chi connectivity index (χ4n) is 2.65. The Balaban J connectivity index is 1.65. The Bertz CT molecular complexity index is 1050. The van der Waals surface area contributed by atoms with Crippen LogP contribution in [0.25, 0.3) is 10.6 Å². The number of nitrogens with zero attached hydrogens (tertiary/aromatic N) is 1. The van der Waals surface area contributed by atoms with Crippen molar-refractivity contribution in [2.45, 2.75) is 24.0 Å². The van der Waals surface area contributed by atoms with E-state index < -0.39 is 22.0 Å². The number of nitrogens with one attached hydrogen (secondary N) is 1. The minimum Gasteiger partial charge on any atom is -0.458 e. The lowest BCUT2D eigenvalue weighted by atomic mass is 10.2. The number of carbonyl (C=O) groups excluding carboxylic acids is 1. The minimum atomic E-state index is -3.82. The van der Waals surface area contributed by atoms with Crippen LogP contribution in [0.1, 0.15) is 12.1 Å². The quantitative estimate of drug-likeness (QED) is 0.459. The third-order valence-corrected chi connectivity index (χ3v) is 7.25. The van der Waals surface area contributed by atoms with Crippen molar-refractivity contribution < 1.29 is 17.9 Å². The fraction of sp³-hybridized carbons (Fsp3) is 0.238. The summed E-state index contributed by atoms with van der Waals surface area (Å²) in [5.74, 6) is 0.00386. The average Bonchev–Trinajstić information content (AvgIpc) is 3.25. The number of aromatic nitrogens is 1. The summed E-state index contributed by atoms with van der Waals surface area (Å²) in [6, 6.07) is 16.7. The first-order valence-electron chi connectivity index (χ1n) is 9.22. The highest BCUT2D eigenvalue weighted by Gasteiger charge is 2.26. The van der Waals surface area contributed by atoms with Crippen LogP contribution in [0.3, 0.4) is 0 Å². The van der Waals surface area contributed by atoms with Crippen molar-refractivity contribution >= 4 is 39.1 Å². The van der Waals surface area contributed by atoms with Gasteiger partial charge in [0.15, 0.2) is 0 Å². The van der Waals surface area contributed by atoms with Crippen molar-refractivity contribution in [2.75, 3.05) is 12.0 Å². The number of thiazole rings is 1. The first-order chi connectivity index (χ1) is 14.5. The maximum atomic E-state index is 12.6. The summed E-state index contributed by atoms with van der Waals surface area (Å²) >= 11 is 3.00. The topological polar surface area (TPSA) is 85.4 Å². The number of carbonyl (C=O) groups is 1. The van der Waals surface area contributed by atoms with Gasteiger partial charge in [-0.3, -0.25) is 4.79 Å². The molecule has 1 N–H and O–H groups in total. The molecule has 3 aromatic rings. The highest BCUT2D eigenvalue weighted by Crippen LogP contribution is 2.23. The van der Waals surface area contributed by atoms with Gasteiger partial charge in [0, 0.05) is 10.9 Å². The van der Waals surface area contributed by atoms with Gasteiger partial charge in [-0.25, -0.2) is 13.4 Å². The van der Waals surface area contributed by atoms with Crippen molar-refractivity contribution in [1.29, 1.82) is 0 Å². The molecule has 1 aromatic heterocycles. The van der Waals surface area contributed by atoms with Crippen molar-refractivity contribution in [3.05, 3.63) is 71.7 Å². The summed E-state index contributed by atoms with van der Waals surface area (Å²) in [7, 11) is -3.82. The molecule has 1 atom stereocenters. The number of hydrogen-bond acceptors (Lipinski definition) is 7. The van der Waals surface area contributed by atoms with Crippen LogP contribution >= 0.6 is 23.1 Å². The highest BCUT2D eigenvalue weighted by molar-refractivity contribution is 7.98. The normalized spacial score (nSPS) is 12.4. The smallest absolute Gasteiger partial charge is 0.324 e. The van der Waals surface area contributed by atoms with Crippen LogP contribution in [0.2, 0.25) is 0 Å². The van der Waals surface area contributed by atoms with E-state index in [2.05, 4.69) is 9.71 Å². The van der Waals surface area contributed by atoms with E-state index in [0.717, 1.165) is 10.6 Å². The van der Waals surface area contributed by atoms with Crippen LogP contribution in [0.4, 0.5) is 0 Å². The Labute approximate surface area is 184 Å². The summed E-state index contributed by atoms with van der Waals surface area (Å²) < 4.78 is 33.1. The van der Waals surface area contributed by atoms with Crippen LogP contribution in [0.5, 0.6) is 0 Å². The summed E-state index contributed by atoms with van der Waals surface area (Å²) in [6.45, 7) is -0.00893. The Kier molecular flexibility index (Phi) is 8.03. The fourth-order valence-corrected chi connectivity index (χ4v) is 5.17. The zero-order valence-electron chi connectivity index (χ0n) is 16.4. The molecule has 0 saturated heterocycles. The molecule has 0 bridgehead atoms. The van der Waals surface area contributed by atoms with Gasteiger partial charge >= 0.3 is 5.97 Å². The van der Waals surface area contributed by atoms with Gasteiger partial charge in [-0.2, -0.15) is 16.5 Å². The molecule has 30 heavy (non-hydrogen) atoms. The molecular weight excluding hydrogens is 440 g/mol. The number of thioether (sulfide) groups is 1. The molecule has 0 spiro atoms. The molecule has 0 aliphatic heterocycles. The van der Waals surface area contributed by atoms with E-state index in [9.17, 15) is 13.2 Å². The van der Waals surface area contributed by atoms with E-state index in [1.807, 2.05) is 42.0 Å². The summed E-state index contributed by atoms with van der Waals surface area (Å²) in [4.78, 5) is 17.2. The average molecular weight is 463 g/mol. The third-order valence-electron chi connectivity index (χ3n) is 4.18. The van der Waals surface area contributed by atoms with E-state index >= 15 is 0 Å². The van der Waals surface area contributed by atoms with Crippen LogP contribution in [-0.2, 0) is 26.2 Å². The summed E-state index contributed by atoms with van der Waals surface area (Å²) in [5.41, 5.74) is 1.62. The molecule has 0 aliphatic carbocycles. The molecule has 9 heteroatoms. The predicted molar refractivity (Wildman–Crippen MR) is 121 cm³/mol. The SMILES string of the molecule is CSCCC(NS(=O)(=O)c1ccccc1)C(=O)OCc1csc(-c2ccccc2)n1. The van der Waals surface area contributed by atoms with Crippen molar-refractivity contribution in [1.82, 2.24) is 9.71 Å². The summed E-state index contributed by atoms with van der Waals surface area (Å²) in [5, 5.41) is 2.67. The number of benzene rings is 2. The highest BCUT2D eigenvalue weighted by atomic mass is 32.2. The first-order valence-corrected chi connectivity index (χ1v) is 13.0. The van der Waals surface area contributed by atoms with Gasteiger partial charge in [0.2, 0.25) is 10.0 Å². The number of hydrogen-bond donors (Lipinski definition) is 1. The molecule has 0 radical (unpaired) electrons. The summed E-state index contributed by atoms with van der Waals surface area (Å²) in [6.07, 6.45) is 2.23. The molecule has 0 fully saturated rings. The molecule has 6 nitrogen and oxygen atoms in total. The van der Waals surface area contributed by atoms with Gasteiger partial charge in [0.1, 0.15) is 17.7 Å². The monoisotopic (exact) mass is 462 g/mol. The van der Waals surface area contributed by atoms with Gasteiger partial charge < -0.3 is 4.74 Å². The minimum absolute atomic E-state index is 0.00893. The molecular formula is C21H22N2O4S3. The van der Waals surface area contributed by atoms with E-state index in [1.54, 1.807) is 18.2 Å². The molecule has 3 rings (SSSR count). The molecule has 0 aliphatic rings. The van der Waals surface area contributed by atoms with E-state index in [1.165, 1.54) is 35.2 Å². The molecule has 158 valence electrons. The van der Waals surface area contributed by atoms with Crippen LogP contribution in [0.15, 0.2) is 70.9 Å². The second kappa shape index (κ2) is 10.7. The Morgan fingerprint density at radius 2 is 1.80 bits per heavy atom. The Morgan fingerprint density at radius 1 is 1.13 bits per heavy atom. The van der Waals surface area contributed by atoms with Gasteiger partial charge in [-0.05, 0) is 30.6 Å². The van der Waals surface area contributed by atoms with Crippen LogP contribution < -0.4 is 4.72 Å². The maximum absolute atomic E-state index is 12.6. The van der Waals surface area contributed by atoms with Gasteiger partial charge in [0.05, 0.1) is 10.6 Å². The van der Waals surface area contributed by atoms with E-state index in [-0.39, 0.29) is 11.5 Å². The molecule has 0 amide bonds. The maximum Gasteiger partial charge on any atom is 0.324 e. The van der Waals surface area contributed by atoms with Gasteiger partial charge in [0.25, 0.3) is 0 Å². The van der Waals surface area contributed by atoms with Crippen molar-refractivity contribution in [3.8, 4) is 10.6 Å². The van der Waals surface area contributed by atoms with Crippen molar-refractivity contribution in [3.63, 3.8) is 0 Å². The molecule has 1 heterocycles. The molecule has 2 aromatic carbocycles. The van der Waals surface area contributed by atoms with Gasteiger partial charge in [-0.1, -0.05) is 48.5 Å². The third kappa shape index (κ3) is 6.15. The first kappa shape index (κ1) is 22.5. The largest absolute Gasteiger partial charge is 0.458 e. The molecule has 1 unspecified atom stereocenters. The van der Waals surface area contributed by atoms with Crippen molar-refractivity contribution in [2.24, 2.45) is 0 Å². The number of rotatable bonds is 10. The lowest BCUT2D eigenvalue weighted by molar-refractivity contribution is -0.147.